The number of esters is 1. The molecule has 3 aromatic rings. The Morgan fingerprint density at radius 3 is 2.76 bits per heavy atom. The molecular weight excluding hydrogens is 388 g/mol. The predicted molar refractivity (Wildman–Crippen MR) is 113 cm³/mol. The Hall–Kier alpha value is -2.77. The third-order valence-corrected chi connectivity index (χ3v) is 5.86. The van der Waals surface area contributed by atoms with Gasteiger partial charge in [0.25, 0.3) is 5.91 Å². The van der Waals surface area contributed by atoms with E-state index in [0.717, 1.165) is 11.3 Å². The number of hydrogen-bond donors (Lipinski definition) is 1. The number of nitrogens with one attached hydrogen (secondary N) is 1. The van der Waals surface area contributed by atoms with Crippen LogP contribution in [-0.4, -0.2) is 29.1 Å². The number of amides is 1. The van der Waals surface area contributed by atoms with Gasteiger partial charge in [-0.25, -0.2) is 9.78 Å². The summed E-state index contributed by atoms with van der Waals surface area (Å²) >= 11 is 1.20. The van der Waals surface area contributed by atoms with Crippen molar-refractivity contribution in [3.8, 4) is 0 Å². The van der Waals surface area contributed by atoms with Crippen molar-refractivity contribution in [3.63, 3.8) is 0 Å². The van der Waals surface area contributed by atoms with Crippen LogP contribution in [0.4, 0.5) is 5.69 Å². The van der Waals surface area contributed by atoms with Crippen LogP contribution >= 0.6 is 11.3 Å². The molecular formula is C22H22N2O4S. The summed E-state index contributed by atoms with van der Waals surface area (Å²) < 4.78 is 11.1. The molecule has 0 radical (unpaired) electrons. The quantitative estimate of drug-likeness (QED) is 0.637. The van der Waals surface area contributed by atoms with E-state index in [1.54, 1.807) is 19.1 Å². The van der Waals surface area contributed by atoms with Gasteiger partial charge in [-0.05, 0) is 39.0 Å². The summed E-state index contributed by atoms with van der Waals surface area (Å²) in [5.41, 5.74) is 2.55. The van der Waals surface area contributed by atoms with Gasteiger partial charge in [0.1, 0.15) is 9.71 Å². The first-order valence-electron chi connectivity index (χ1n) is 9.51. The number of aromatic nitrogens is 1. The first-order valence-corrected chi connectivity index (χ1v) is 10.3. The molecule has 0 spiro atoms. The molecule has 0 bridgehead atoms. The van der Waals surface area contributed by atoms with Crippen molar-refractivity contribution in [2.24, 2.45) is 0 Å². The van der Waals surface area contributed by atoms with Crippen molar-refractivity contribution in [1.29, 1.82) is 0 Å². The zero-order chi connectivity index (χ0) is 20.6. The summed E-state index contributed by atoms with van der Waals surface area (Å²) in [5, 5.41) is 3.51. The van der Waals surface area contributed by atoms with Gasteiger partial charge in [0.2, 0.25) is 0 Å². The first-order chi connectivity index (χ1) is 13.9. The van der Waals surface area contributed by atoms with Gasteiger partial charge < -0.3 is 14.8 Å². The van der Waals surface area contributed by atoms with Gasteiger partial charge in [-0.3, -0.25) is 4.79 Å². The minimum Gasteiger partial charge on any atom is -0.462 e. The highest BCUT2D eigenvalue weighted by atomic mass is 32.1. The Morgan fingerprint density at radius 1 is 1.28 bits per heavy atom. The van der Waals surface area contributed by atoms with Gasteiger partial charge in [-0.15, -0.1) is 11.3 Å². The Labute approximate surface area is 172 Å². The number of thiophene rings is 1. The lowest BCUT2D eigenvalue weighted by molar-refractivity contribution is -0.0411. The highest BCUT2D eigenvalue weighted by molar-refractivity contribution is 7.20. The second-order valence-electron chi connectivity index (χ2n) is 7.52. The molecule has 0 unspecified atom stereocenters. The molecule has 0 aliphatic carbocycles. The van der Waals surface area contributed by atoms with Crippen LogP contribution in [0.5, 0.6) is 0 Å². The van der Waals surface area contributed by atoms with Crippen molar-refractivity contribution < 1.29 is 19.1 Å². The van der Waals surface area contributed by atoms with Crippen LogP contribution in [0.15, 0.2) is 36.4 Å². The highest BCUT2D eigenvalue weighted by Crippen LogP contribution is 2.36. The Balaban J connectivity index is 1.82. The van der Waals surface area contributed by atoms with Gasteiger partial charge in [-0.1, -0.05) is 18.2 Å². The summed E-state index contributed by atoms with van der Waals surface area (Å²) in [6, 6.07) is 11.1. The lowest BCUT2D eigenvalue weighted by atomic mass is 9.95. The van der Waals surface area contributed by atoms with E-state index in [-0.39, 0.29) is 23.0 Å². The standard InChI is InChI=1S/C22H22N2O4S/c1-4-27-21(26)18-17(19(25)23-14-8-6-5-7-9-14)15-10-13-12-28-22(2,3)11-16(13)24-20(15)29-18/h5-10H,4,11-12H2,1-3H3,(H,23,25). The van der Waals surface area contributed by atoms with E-state index in [2.05, 4.69) is 5.32 Å². The molecule has 4 rings (SSSR count). The summed E-state index contributed by atoms with van der Waals surface area (Å²) in [6.07, 6.45) is 0.677. The molecule has 0 saturated carbocycles. The highest BCUT2D eigenvalue weighted by Gasteiger charge is 2.31. The normalized spacial score (nSPS) is 15.0. The maximum atomic E-state index is 13.1. The molecule has 3 heterocycles. The average molecular weight is 410 g/mol. The minimum atomic E-state index is -0.511. The van der Waals surface area contributed by atoms with Gasteiger partial charge in [0.05, 0.1) is 30.1 Å². The summed E-state index contributed by atoms with van der Waals surface area (Å²) in [5.74, 6) is -0.868. The molecule has 0 fully saturated rings. The zero-order valence-corrected chi connectivity index (χ0v) is 17.4. The van der Waals surface area contributed by atoms with Gasteiger partial charge in [0.15, 0.2) is 0 Å². The van der Waals surface area contributed by atoms with Crippen LogP contribution in [0.1, 0.15) is 52.1 Å². The van der Waals surface area contributed by atoms with Crippen molar-refractivity contribution >= 4 is 39.1 Å². The minimum absolute atomic E-state index is 0.235. The first kappa shape index (κ1) is 19.5. The second kappa shape index (κ2) is 7.57. The maximum Gasteiger partial charge on any atom is 0.349 e. The number of nitrogens with zero attached hydrogens (tertiary/aromatic N) is 1. The van der Waals surface area contributed by atoms with E-state index < -0.39 is 5.97 Å². The van der Waals surface area contributed by atoms with Crippen LogP contribution in [0.25, 0.3) is 10.2 Å². The van der Waals surface area contributed by atoms with Gasteiger partial charge >= 0.3 is 5.97 Å². The number of hydrogen-bond acceptors (Lipinski definition) is 6. The lowest BCUT2D eigenvalue weighted by Gasteiger charge is -2.31. The number of ether oxygens (including phenoxy) is 2. The SMILES string of the molecule is CCOC(=O)c1sc2nc3c(cc2c1C(=O)Nc1ccccc1)COC(C)(C)C3. The molecule has 1 aromatic carbocycles. The maximum absolute atomic E-state index is 13.1. The molecule has 2 aromatic heterocycles. The molecule has 0 saturated heterocycles. The summed E-state index contributed by atoms with van der Waals surface area (Å²) in [6.45, 7) is 6.46. The molecule has 1 N–H and O–H groups in total. The molecule has 6 nitrogen and oxygen atoms in total. The molecule has 1 aliphatic heterocycles. The molecule has 29 heavy (non-hydrogen) atoms. The third kappa shape index (κ3) is 3.88. The summed E-state index contributed by atoms with van der Waals surface area (Å²) in [4.78, 5) is 31.4. The van der Waals surface area contributed by atoms with Crippen LogP contribution in [0.2, 0.25) is 0 Å². The Bertz CT molecular complexity index is 1090. The number of pyridine rings is 1. The van der Waals surface area contributed by atoms with E-state index in [0.29, 0.717) is 34.5 Å². The average Bonchev–Trinajstić information content (AvgIpc) is 3.05. The fourth-order valence-electron chi connectivity index (χ4n) is 3.39. The number of carbonyl (C=O) groups excluding carboxylic acids is 2. The number of benzene rings is 1. The van der Waals surface area contributed by atoms with Crippen molar-refractivity contribution in [1.82, 2.24) is 4.98 Å². The molecule has 1 amide bonds. The van der Waals surface area contributed by atoms with Crippen LogP contribution in [0, 0.1) is 0 Å². The second-order valence-corrected chi connectivity index (χ2v) is 8.52. The van der Waals surface area contributed by atoms with E-state index in [1.165, 1.54) is 11.3 Å². The number of rotatable bonds is 4. The Morgan fingerprint density at radius 2 is 2.03 bits per heavy atom. The number of carbonyl (C=O) groups is 2. The molecule has 1 aliphatic rings. The Kier molecular flexibility index (Phi) is 5.10. The number of fused-ring (bicyclic) bond motifs is 2. The van der Waals surface area contributed by atoms with Crippen molar-refractivity contribution in [3.05, 3.63) is 58.1 Å². The molecule has 150 valence electrons. The fourth-order valence-corrected chi connectivity index (χ4v) is 4.45. The van der Waals surface area contributed by atoms with Crippen molar-refractivity contribution in [2.75, 3.05) is 11.9 Å². The number of anilines is 1. The largest absolute Gasteiger partial charge is 0.462 e. The molecule has 7 heteroatoms. The third-order valence-electron chi connectivity index (χ3n) is 4.78. The van der Waals surface area contributed by atoms with Crippen LogP contribution < -0.4 is 5.32 Å². The van der Waals surface area contributed by atoms with Gasteiger partial charge in [0, 0.05) is 23.1 Å². The fraction of sp³-hybridized carbons (Fsp3) is 0.318. The van der Waals surface area contributed by atoms with Crippen LogP contribution in [-0.2, 0) is 22.5 Å². The monoisotopic (exact) mass is 410 g/mol. The molecule has 0 atom stereocenters. The predicted octanol–water partition coefficient (Wildman–Crippen LogP) is 4.58. The topological polar surface area (TPSA) is 77.5 Å². The smallest absolute Gasteiger partial charge is 0.349 e. The summed E-state index contributed by atoms with van der Waals surface area (Å²) in [7, 11) is 0. The van der Waals surface area contributed by atoms with Crippen LogP contribution in [0.3, 0.4) is 0 Å². The zero-order valence-electron chi connectivity index (χ0n) is 16.6. The lowest BCUT2D eigenvalue weighted by Crippen LogP contribution is -2.32. The van der Waals surface area contributed by atoms with E-state index in [4.69, 9.17) is 14.5 Å². The van der Waals surface area contributed by atoms with Crippen molar-refractivity contribution in [2.45, 2.75) is 39.4 Å². The van der Waals surface area contributed by atoms with E-state index in [1.807, 2.05) is 38.1 Å². The van der Waals surface area contributed by atoms with E-state index >= 15 is 0 Å². The van der Waals surface area contributed by atoms with Gasteiger partial charge in [-0.2, -0.15) is 0 Å². The van der Waals surface area contributed by atoms with E-state index in [9.17, 15) is 9.59 Å². The number of para-hydroxylation sites is 1.